The largest absolute Gasteiger partial charge is 0.496 e. The Morgan fingerprint density at radius 3 is 2.53 bits per heavy atom. The van der Waals surface area contributed by atoms with Crippen LogP contribution >= 0.6 is 0 Å². The van der Waals surface area contributed by atoms with Gasteiger partial charge in [-0.05, 0) is 26.0 Å². The van der Waals surface area contributed by atoms with Crippen LogP contribution in [0.4, 0.5) is 0 Å². The summed E-state index contributed by atoms with van der Waals surface area (Å²) in [4.78, 5) is 1.57. The smallest absolute Gasteiger partial charge is 0.127 e. The quantitative estimate of drug-likeness (QED) is 0.842. The van der Waals surface area contributed by atoms with Crippen LogP contribution in [0.3, 0.4) is 0 Å². The highest BCUT2D eigenvalue weighted by Crippen LogP contribution is 2.16. The Morgan fingerprint density at radius 2 is 1.88 bits per heavy atom. The van der Waals surface area contributed by atoms with Crippen molar-refractivity contribution in [3.05, 3.63) is 29.8 Å². The van der Waals surface area contributed by atoms with Gasteiger partial charge in [-0.15, -0.1) is 0 Å². The molecule has 2 rings (SSSR count). The summed E-state index contributed by atoms with van der Waals surface area (Å²) in [5, 5.41) is 0. The molecule has 0 aliphatic carbocycles. The van der Waals surface area contributed by atoms with Crippen molar-refractivity contribution in [1.29, 1.82) is 0 Å². The molecule has 17 heavy (non-hydrogen) atoms. The molecule has 0 saturated carbocycles. The van der Waals surface area contributed by atoms with Gasteiger partial charge in [-0.2, -0.15) is 0 Å². The lowest BCUT2D eigenvalue weighted by Gasteiger charge is -2.32. The fraction of sp³-hybridized carbons (Fsp3) is 0.571. The molecule has 1 N–H and O–H groups in total. The first kappa shape index (κ1) is 12.4. The van der Waals surface area contributed by atoms with E-state index in [1.165, 1.54) is 5.56 Å². The highest BCUT2D eigenvalue weighted by atomic mass is 16.5. The molecular weight excluding hydrogens is 214 g/mol. The standard InChI is InChI=1S/C14H21NO2/c1-11-8-15(9-12(2)17-11)10-13-6-4-5-7-14(13)16-3/h4-7,11-12H,8-10H2,1-3H3/p+1/t11-,12-/m1/s1. The summed E-state index contributed by atoms with van der Waals surface area (Å²) in [6.45, 7) is 7.46. The van der Waals surface area contributed by atoms with E-state index in [0.29, 0.717) is 12.2 Å². The zero-order valence-electron chi connectivity index (χ0n) is 10.9. The van der Waals surface area contributed by atoms with Crippen LogP contribution in [0.5, 0.6) is 5.75 Å². The third kappa shape index (κ3) is 3.20. The summed E-state index contributed by atoms with van der Waals surface area (Å²) >= 11 is 0. The fourth-order valence-electron chi connectivity index (χ4n) is 2.65. The zero-order valence-corrected chi connectivity index (χ0v) is 10.9. The molecule has 0 amide bonds. The Labute approximate surface area is 103 Å². The Balaban J connectivity index is 2.04. The summed E-state index contributed by atoms with van der Waals surface area (Å²) in [6, 6.07) is 8.27. The van der Waals surface area contributed by atoms with Crippen molar-refractivity contribution in [3.63, 3.8) is 0 Å². The molecule has 1 aromatic carbocycles. The van der Waals surface area contributed by atoms with Crippen molar-refractivity contribution in [2.24, 2.45) is 0 Å². The van der Waals surface area contributed by atoms with Crippen LogP contribution < -0.4 is 9.64 Å². The summed E-state index contributed by atoms with van der Waals surface area (Å²) < 4.78 is 11.2. The van der Waals surface area contributed by atoms with Crippen molar-refractivity contribution < 1.29 is 14.4 Å². The first-order valence-corrected chi connectivity index (χ1v) is 6.30. The number of para-hydroxylation sites is 1. The lowest BCUT2D eigenvalue weighted by molar-refractivity contribution is -0.928. The molecule has 0 unspecified atom stereocenters. The maximum atomic E-state index is 5.76. The molecule has 2 atom stereocenters. The normalized spacial score (nSPS) is 29.0. The van der Waals surface area contributed by atoms with Crippen LogP contribution in [0, 0.1) is 0 Å². The number of benzene rings is 1. The van der Waals surface area contributed by atoms with Crippen LogP contribution in [-0.4, -0.2) is 32.4 Å². The van der Waals surface area contributed by atoms with Gasteiger partial charge in [0.15, 0.2) is 0 Å². The van der Waals surface area contributed by atoms with Crippen LogP contribution in [0.1, 0.15) is 19.4 Å². The van der Waals surface area contributed by atoms with Gasteiger partial charge >= 0.3 is 0 Å². The highest BCUT2D eigenvalue weighted by molar-refractivity contribution is 5.32. The van der Waals surface area contributed by atoms with E-state index >= 15 is 0 Å². The predicted molar refractivity (Wildman–Crippen MR) is 67.4 cm³/mol. The van der Waals surface area contributed by atoms with Crippen molar-refractivity contribution in [3.8, 4) is 5.75 Å². The molecule has 0 aromatic heterocycles. The third-order valence-electron chi connectivity index (χ3n) is 3.25. The second-order valence-corrected chi connectivity index (χ2v) is 4.90. The van der Waals surface area contributed by atoms with Gasteiger partial charge in [0.1, 0.15) is 37.6 Å². The number of rotatable bonds is 3. The molecule has 0 spiro atoms. The van der Waals surface area contributed by atoms with Crippen molar-refractivity contribution >= 4 is 0 Å². The SMILES string of the molecule is COc1ccccc1C[NH+]1C[C@@H](C)O[C@H](C)C1. The van der Waals surface area contributed by atoms with E-state index in [-0.39, 0.29) is 0 Å². The lowest BCUT2D eigenvalue weighted by atomic mass is 10.1. The molecule has 3 heteroatoms. The molecule has 3 nitrogen and oxygen atoms in total. The fourth-order valence-corrected chi connectivity index (χ4v) is 2.65. The number of nitrogens with one attached hydrogen (secondary N) is 1. The lowest BCUT2D eigenvalue weighted by Crippen LogP contribution is -3.14. The van der Waals surface area contributed by atoms with Gasteiger partial charge in [-0.1, -0.05) is 12.1 Å². The van der Waals surface area contributed by atoms with Gasteiger partial charge in [0.2, 0.25) is 0 Å². The summed E-state index contributed by atoms with van der Waals surface area (Å²) in [7, 11) is 1.73. The predicted octanol–water partition coefficient (Wildman–Crippen LogP) is 0.887. The number of methoxy groups -OCH3 is 1. The summed E-state index contributed by atoms with van der Waals surface area (Å²) in [6.07, 6.45) is 0.701. The van der Waals surface area contributed by atoms with E-state index in [1.807, 2.05) is 12.1 Å². The van der Waals surface area contributed by atoms with Crippen LogP contribution in [0.25, 0.3) is 0 Å². The number of quaternary nitrogens is 1. The first-order valence-electron chi connectivity index (χ1n) is 6.30. The van der Waals surface area contributed by atoms with E-state index in [9.17, 15) is 0 Å². The minimum atomic E-state index is 0.350. The number of morpholine rings is 1. The average molecular weight is 236 g/mol. The molecular formula is C14H22NO2+. The van der Waals surface area contributed by atoms with Gasteiger partial charge in [-0.3, -0.25) is 0 Å². The monoisotopic (exact) mass is 236 g/mol. The molecule has 94 valence electrons. The molecule has 0 bridgehead atoms. The summed E-state index contributed by atoms with van der Waals surface area (Å²) in [5.41, 5.74) is 1.28. The second-order valence-electron chi connectivity index (χ2n) is 4.90. The van der Waals surface area contributed by atoms with Crippen LogP contribution in [0.15, 0.2) is 24.3 Å². The maximum absolute atomic E-state index is 5.76. The van der Waals surface area contributed by atoms with E-state index in [4.69, 9.17) is 9.47 Å². The minimum Gasteiger partial charge on any atom is -0.496 e. The van der Waals surface area contributed by atoms with E-state index in [2.05, 4.69) is 26.0 Å². The second kappa shape index (κ2) is 5.52. The van der Waals surface area contributed by atoms with Crippen molar-refractivity contribution in [1.82, 2.24) is 0 Å². The Morgan fingerprint density at radius 1 is 1.24 bits per heavy atom. The molecule has 1 saturated heterocycles. The Kier molecular flexibility index (Phi) is 4.02. The van der Waals surface area contributed by atoms with Crippen molar-refractivity contribution in [2.45, 2.75) is 32.6 Å². The molecule has 1 heterocycles. The van der Waals surface area contributed by atoms with Crippen LogP contribution in [0.2, 0.25) is 0 Å². The summed E-state index contributed by atoms with van der Waals surface area (Å²) in [5.74, 6) is 0.992. The van der Waals surface area contributed by atoms with Gasteiger partial charge in [0.25, 0.3) is 0 Å². The molecule has 1 aliphatic rings. The van der Waals surface area contributed by atoms with Gasteiger partial charge in [0.05, 0.1) is 7.11 Å². The topological polar surface area (TPSA) is 22.9 Å². The van der Waals surface area contributed by atoms with Gasteiger partial charge in [0, 0.05) is 5.56 Å². The zero-order chi connectivity index (χ0) is 12.3. The average Bonchev–Trinajstić information content (AvgIpc) is 2.28. The molecule has 1 aromatic rings. The highest BCUT2D eigenvalue weighted by Gasteiger charge is 2.26. The maximum Gasteiger partial charge on any atom is 0.127 e. The molecule has 1 aliphatic heterocycles. The first-order chi connectivity index (χ1) is 8.19. The number of ether oxygens (including phenoxy) is 2. The number of hydrogen-bond donors (Lipinski definition) is 1. The Bertz CT molecular complexity index is 357. The minimum absolute atomic E-state index is 0.350. The van der Waals surface area contributed by atoms with E-state index < -0.39 is 0 Å². The van der Waals surface area contributed by atoms with Crippen LogP contribution in [-0.2, 0) is 11.3 Å². The number of hydrogen-bond acceptors (Lipinski definition) is 2. The van der Waals surface area contributed by atoms with E-state index in [0.717, 1.165) is 25.4 Å². The Hall–Kier alpha value is -1.06. The third-order valence-corrected chi connectivity index (χ3v) is 3.25. The van der Waals surface area contributed by atoms with Crippen molar-refractivity contribution in [2.75, 3.05) is 20.2 Å². The molecule has 0 radical (unpaired) electrons. The van der Waals surface area contributed by atoms with Gasteiger partial charge < -0.3 is 14.4 Å². The van der Waals surface area contributed by atoms with Gasteiger partial charge in [-0.25, -0.2) is 0 Å². The van der Waals surface area contributed by atoms with E-state index in [1.54, 1.807) is 12.0 Å². The molecule has 1 fully saturated rings.